The maximum Gasteiger partial charge on any atom is 0.0529 e. The first-order chi connectivity index (χ1) is 23.6. The first-order valence-electron chi connectivity index (χ1n) is 16.8. The summed E-state index contributed by atoms with van der Waals surface area (Å²) in [6.07, 6.45) is 3.93. The Labute approximate surface area is 313 Å². The van der Waals surface area contributed by atoms with Crippen molar-refractivity contribution in [3.63, 3.8) is 0 Å². The SMILES string of the molecule is CO.Cl.N=C(Cc1ccc2c(c1)SCCN2C1CCNC1)c1cccs1.N=C(Cc1ccc2c(c1)SCCN2C1CCNC1)c1cccs1. The molecule has 49 heavy (non-hydrogen) atoms. The third kappa shape index (κ3) is 9.51. The van der Waals surface area contributed by atoms with E-state index in [4.69, 9.17) is 15.9 Å². The molecule has 0 amide bonds. The number of benzene rings is 2. The second-order valence-corrected chi connectivity index (χ2v) is 16.4. The van der Waals surface area contributed by atoms with Gasteiger partial charge >= 0.3 is 0 Å². The van der Waals surface area contributed by atoms with Crippen molar-refractivity contribution in [1.82, 2.24) is 10.6 Å². The van der Waals surface area contributed by atoms with Gasteiger partial charge < -0.3 is 36.4 Å². The predicted octanol–water partition coefficient (Wildman–Crippen LogP) is 7.30. The Morgan fingerprint density at radius 3 is 1.53 bits per heavy atom. The van der Waals surface area contributed by atoms with Crippen LogP contribution < -0.4 is 20.4 Å². The van der Waals surface area contributed by atoms with Gasteiger partial charge in [-0.3, -0.25) is 0 Å². The van der Waals surface area contributed by atoms with Gasteiger partial charge in [-0.1, -0.05) is 24.3 Å². The second kappa shape index (κ2) is 18.8. The van der Waals surface area contributed by atoms with Crippen LogP contribution in [-0.4, -0.2) is 86.5 Å². The van der Waals surface area contributed by atoms with Crippen LogP contribution in [0.5, 0.6) is 0 Å². The average Bonchev–Trinajstić information content (AvgIpc) is 3.97. The molecule has 2 aromatic heterocycles. The minimum absolute atomic E-state index is 0. The number of fused-ring (bicyclic) bond motifs is 2. The zero-order chi connectivity index (χ0) is 33.3. The highest BCUT2D eigenvalue weighted by molar-refractivity contribution is 7.99. The average molecular weight is 756 g/mol. The monoisotopic (exact) mass is 754 g/mol. The predicted molar refractivity (Wildman–Crippen MR) is 217 cm³/mol. The molecule has 4 aliphatic rings. The van der Waals surface area contributed by atoms with E-state index in [1.54, 1.807) is 22.7 Å². The summed E-state index contributed by atoms with van der Waals surface area (Å²) in [7, 11) is 1.00. The highest BCUT2D eigenvalue weighted by Crippen LogP contribution is 2.39. The smallest absolute Gasteiger partial charge is 0.0529 e. The van der Waals surface area contributed by atoms with Crippen LogP contribution in [0.1, 0.15) is 33.7 Å². The van der Waals surface area contributed by atoms with Gasteiger partial charge in [0.25, 0.3) is 0 Å². The van der Waals surface area contributed by atoms with E-state index in [1.165, 1.54) is 45.1 Å². The summed E-state index contributed by atoms with van der Waals surface area (Å²) < 4.78 is 0. The van der Waals surface area contributed by atoms with E-state index in [-0.39, 0.29) is 12.4 Å². The molecule has 0 radical (unpaired) electrons. The number of anilines is 2. The second-order valence-electron chi connectivity index (χ2n) is 12.2. The molecule has 5 N–H and O–H groups in total. The normalized spacial score (nSPS) is 19.4. The molecule has 12 heteroatoms. The van der Waals surface area contributed by atoms with Crippen LogP contribution in [0.4, 0.5) is 11.4 Å². The molecule has 262 valence electrons. The van der Waals surface area contributed by atoms with Gasteiger partial charge in [0, 0.05) is 89.3 Å². The van der Waals surface area contributed by atoms with Gasteiger partial charge in [-0.05, 0) is 84.2 Å². The number of rotatable bonds is 8. The zero-order valence-electron chi connectivity index (χ0n) is 28.0. The van der Waals surface area contributed by atoms with Crippen LogP contribution in [0.2, 0.25) is 0 Å². The van der Waals surface area contributed by atoms with Gasteiger partial charge in [-0.2, -0.15) is 0 Å². The minimum Gasteiger partial charge on any atom is -0.400 e. The number of nitrogens with zero attached hydrogens (tertiary/aromatic N) is 2. The summed E-state index contributed by atoms with van der Waals surface area (Å²) in [6.45, 7) is 6.78. The van der Waals surface area contributed by atoms with Gasteiger partial charge in [0.15, 0.2) is 0 Å². The largest absolute Gasteiger partial charge is 0.400 e. The number of aliphatic hydroxyl groups is 1. The summed E-state index contributed by atoms with van der Waals surface area (Å²) in [5, 5.41) is 34.6. The topological polar surface area (TPSA) is 98.5 Å². The van der Waals surface area contributed by atoms with Crippen LogP contribution in [-0.2, 0) is 12.8 Å². The van der Waals surface area contributed by atoms with Crippen LogP contribution in [0, 0.1) is 10.8 Å². The molecule has 0 aliphatic carbocycles. The minimum atomic E-state index is 0. The molecule has 2 saturated heterocycles. The van der Waals surface area contributed by atoms with Crippen LogP contribution in [0.15, 0.2) is 81.2 Å². The number of thiophene rings is 2. The Hall–Kier alpha value is -2.35. The van der Waals surface area contributed by atoms with E-state index in [0.717, 1.165) is 91.9 Å². The first-order valence-corrected chi connectivity index (χ1v) is 20.5. The summed E-state index contributed by atoms with van der Waals surface area (Å²) in [4.78, 5) is 10.1. The van der Waals surface area contributed by atoms with Crippen molar-refractivity contribution in [2.24, 2.45) is 0 Å². The number of nitrogens with one attached hydrogen (secondary N) is 4. The van der Waals surface area contributed by atoms with Gasteiger partial charge in [0.1, 0.15) is 0 Å². The third-order valence-corrected chi connectivity index (χ3v) is 13.1. The summed E-state index contributed by atoms with van der Waals surface area (Å²) in [5.41, 5.74) is 6.72. The Kier molecular flexibility index (Phi) is 14.5. The molecule has 2 atom stereocenters. The maximum absolute atomic E-state index is 8.28. The van der Waals surface area contributed by atoms with Crippen molar-refractivity contribution < 1.29 is 5.11 Å². The summed E-state index contributed by atoms with van der Waals surface area (Å²) in [5.74, 6) is 2.32. The van der Waals surface area contributed by atoms with Crippen LogP contribution in [0.25, 0.3) is 0 Å². The fraction of sp³-hybridized carbons (Fsp3) is 0.405. The number of hydrogen-bond acceptors (Lipinski definition) is 11. The summed E-state index contributed by atoms with van der Waals surface area (Å²) >= 11 is 7.22. The molecule has 0 spiro atoms. The van der Waals surface area contributed by atoms with Gasteiger partial charge in [0.2, 0.25) is 0 Å². The molecule has 4 aliphatic heterocycles. The highest BCUT2D eigenvalue weighted by atomic mass is 35.5. The molecular weight excluding hydrogens is 708 g/mol. The van der Waals surface area contributed by atoms with Crippen LogP contribution in [0.3, 0.4) is 0 Å². The lowest BCUT2D eigenvalue weighted by molar-refractivity contribution is 0.399. The molecule has 2 fully saturated rings. The van der Waals surface area contributed by atoms with Crippen LogP contribution >= 0.6 is 58.6 Å². The van der Waals surface area contributed by atoms with E-state index in [9.17, 15) is 0 Å². The van der Waals surface area contributed by atoms with Crippen molar-refractivity contribution in [2.75, 3.05) is 67.7 Å². The molecular formula is C37H47ClN6OS4. The third-order valence-electron chi connectivity index (χ3n) is 9.20. The molecule has 7 nitrogen and oxygen atoms in total. The van der Waals surface area contributed by atoms with E-state index >= 15 is 0 Å². The standard InChI is InChI=1S/2C18H21N3S2.CH4O.ClH/c2*19-15(17-2-1-8-22-17)10-13-3-4-16-18(11-13)23-9-7-21(16)14-5-6-20-12-14;1-2;/h2*1-4,8,11,14,19-20H,5-7,9-10,12H2;2H,1H3;1H. The van der Waals surface area contributed by atoms with Crippen molar-refractivity contribution in [1.29, 1.82) is 10.8 Å². The Bertz CT molecular complexity index is 1520. The lowest BCUT2D eigenvalue weighted by Gasteiger charge is -2.35. The van der Waals surface area contributed by atoms with Crippen molar-refractivity contribution in [2.45, 2.75) is 47.6 Å². The number of thioether (sulfide) groups is 2. The molecule has 6 heterocycles. The maximum atomic E-state index is 8.28. The molecule has 4 aromatic rings. The van der Waals surface area contributed by atoms with E-state index < -0.39 is 0 Å². The van der Waals surface area contributed by atoms with Crippen molar-refractivity contribution in [3.8, 4) is 0 Å². The van der Waals surface area contributed by atoms with Crippen molar-refractivity contribution in [3.05, 3.63) is 92.3 Å². The molecule has 0 bridgehead atoms. The van der Waals surface area contributed by atoms with Gasteiger partial charge in [0.05, 0.1) is 22.8 Å². The summed E-state index contributed by atoms with van der Waals surface area (Å²) in [6, 6.07) is 23.0. The fourth-order valence-electron chi connectivity index (χ4n) is 6.84. The fourth-order valence-corrected chi connectivity index (χ4v) is 10.3. The highest BCUT2D eigenvalue weighted by Gasteiger charge is 2.28. The van der Waals surface area contributed by atoms with Crippen molar-refractivity contribution >= 4 is 81.4 Å². The lowest BCUT2D eigenvalue weighted by atomic mass is 10.1. The Morgan fingerprint density at radius 2 is 1.16 bits per heavy atom. The molecule has 0 saturated carbocycles. The zero-order valence-corrected chi connectivity index (χ0v) is 32.0. The molecule has 8 rings (SSSR count). The van der Waals surface area contributed by atoms with Gasteiger partial charge in [-0.15, -0.1) is 58.6 Å². The molecule has 2 aromatic carbocycles. The molecule has 2 unspecified atom stereocenters. The number of halogens is 1. The Morgan fingerprint density at radius 1 is 0.714 bits per heavy atom. The van der Waals surface area contributed by atoms with E-state index in [0.29, 0.717) is 12.1 Å². The Balaban J connectivity index is 0.000000179. The number of aliphatic hydroxyl groups excluding tert-OH is 1. The lowest BCUT2D eigenvalue weighted by Crippen LogP contribution is -2.40. The first kappa shape index (κ1) is 37.9. The quantitative estimate of drug-likeness (QED) is 0.121. The van der Waals surface area contributed by atoms with E-state index in [1.807, 2.05) is 58.5 Å². The van der Waals surface area contributed by atoms with E-state index in [2.05, 4.69) is 56.8 Å². The number of hydrogen-bond donors (Lipinski definition) is 5. The van der Waals surface area contributed by atoms with Gasteiger partial charge in [-0.25, -0.2) is 0 Å².